The number of rotatable bonds is 6. The molecule has 0 heterocycles. The van der Waals surface area contributed by atoms with E-state index in [4.69, 9.17) is 0 Å². The lowest BCUT2D eigenvalue weighted by Gasteiger charge is -2.20. The minimum absolute atomic E-state index is 0.0185. The molecular weight excluding hydrogens is 229 g/mol. The van der Waals surface area contributed by atoms with Crippen LogP contribution in [0.5, 0.6) is 5.75 Å². The predicted molar refractivity (Wildman–Crippen MR) is 71.1 cm³/mol. The molecule has 1 aliphatic rings. The summed E-state index contributed by atoms with van der Waals surface area (Å²) >= 11 is 0. The Kier molecular flexibility index (Phi) is 3.91. The van der Waals surface area contributed by atoms with Crippen molar-refractivity contribution in [2.45, 2.75) is 45.6 Å². The summed E-state index contributed by atoms with van der Waals surface area (Å²) in [5, 5.41) is 13.2. The highest BCUT2D eigenvalue weighted by atomic mass is 19.1. The zero-order chi connectivity index (χ0) is 13.2. The molecule has 0 amide bonds. The summed E-state index contributed by atoms with van der Waals surface area (Å²) in [6.07, 6.45) is 5.04. The maximum atomic E-state index is 13.2. The van der Waals surface area contributed by atoms with Crippen LogP contribution in [-0.2, 0) is 0 Å². The topological polar surface area (TPSA) is 32.3 Å². The zero-order valence-corrected chi connectivity index (χ0v) is 11.2. The van der Waals surface area contributed by atoms with Crippen LogP contribution < -0.4 is 5.32 Å². The van der Waals surface area contributed by atoms with Gasteiger partial charge in [0.2, 0.25) is 0 Å². The van der Waals surface area contributed by atoms with Crippen molar-refractivity contribution in [2.75, 3.05) is 6.54 Å². The van der Waals surface area contributed by atoms with Gasteiger partial charge in [-0.25, -0.2) is 4.39 Å². The number of benzene rings is 1. The van der Waals surface area contributed by atoms with Gasteiger partial charge in [-0.3, -0.25) is 0 Å². The van der Waals surface area contributed by atoms with E-state index >= 15 is 0 Å². The first kappa shape index (κ1) is 13.3. The molecule has 0 aliphatic heterocycles. The fraction of sp³-hybridized carbons (Fsp3) is 0.600. The van der Waals surface area contributed by atoms with Gasteiger partial charge in [-0.05, 0) is 49.8 Å². The molecule has 2 rings (SSSR count). The average molecular weight is 251 g/mol. The lowest BCUT2D eigenvalue weighted by Crippen LogP contribution is -2.26. The maximum Gasteiger partial charge on any atom is 0.123 e. The van der Waals surface area contributed by atoms with Gasteiger partial charge in [0.25, 0.3) is 0 Å². The van der Waals surface area contributed by atoms with Crippen molar-refractivity contribution in [2.24, 2.45) is 5.41 Å². The third-order valence-electron chi connectivity index (χ3n) is 3.98. The number of aromatic hydroxyl groups is 1. The largest absolute Gasteiger partial charge is 0.508 e. The van der Waals surface area contributed by atoms with E-state index in [2.05, 4.69) is 12.2 Å². The van der Waals surface area contributed by atoms with Crippen molar-refractivity contribution < 1.29 is 9.50 Å². The Hall–Kier alpha value is -1.09. The van der Waals surface area contributed by atoms with Crippen LogP contribution in [0.25, 0.3) is 0 Å². The highest BCUT2D eigenvalue weighted by Crippen LogP contribution is 2.49. The van der Waals surface area contributed by atoms with E-state index in [9.17, 15) is 9.50 Å². The van der Waals surface area contributed by atoms with Crippen LogP contribution in [-0.4, -0.2) is 11.7 Å². The van der Waals surface area contributed by atoms with Crippen molar-refractivity contribution in [3.05, 3.63) is 29.6 Å². The number of nitrogens with one attached hydrogen (secondary N) is 1. The third-order valence-corrected chi connectivity index (χ3v) is 3.98. The predicted octanol–water partition coefficient (Wildman–Crippen LogP) is 3.76. The fourth-order valence-electron chi connectivity index (χ4n) is 2.57. The molecule has 0 bridgehead atoms. The van der Waals surface area contributed by atoms with E-state index in [1.165, 1.54) is 43.9 Å². The molecule has 0 saturated heterocycles. The van der Waals surface area contributed by atoms with Crippen LogP contribution in [0.4, 0.5) is 4.39 Å². The van der Waals surface area contributed by atoms with Crippen molar-refractivity contribution in [3.63, 3.8) is 0 Å². The average Bonchev–Trinajstić information content (AvgIpc) is 3.10. The lowest BCUT2D eigenvalue weighted by molar-refractivity contribution is 0.388. The molecular formula is C15H22FNO. The highest BCUT2D eigenvalue weighted by Gasteiger charge is 2.41. The first-order chi connectivity index (χ1) is 8.56. The molecule has 2 N–H and O–H groups in total. The second-order valence-electron chi connectivity index (χ2n) is 5.56. The Bertz CT molecular complexity index is 415. The van der Waals surface area contributed by atoms with Crippen LogP contribution in [0.3, 0.4) is 0 Å². The van der Waals surface area contributed by atoms with Crippen molar-refractivity contribution in [3.8, 4) is 5.75 Å². The number of halogens is 1. The van der Waals surface area contributed by atoms with Crippen LogP contribution in [0.2, 0.25) is 0 Å². The first-order valence-corrected chi connectivity index (χ1v) is 6.78. The molecule has 1 fully saturated rings. The molecule has 0 radical (unpaired) electrons. The number of phenolic OH excluding ortho intramolecular Hbond substituents is 1. The Morgan fingerprint density at radius 2 is 2.17 bits per heavy atom. The summed E-state index contributed by atoms with van der Waals surface area (Å²) in [5.41, 5.74) is 1.11. The van der Waals surface area contributed by atoms with Gasteiger partial charge >= 0.3 is 0 Å². The van der Waals surface area contributed by atoms with Gasteiger partial charge < -0.3 is 10.4 Å². The van der Waals surface area contributed by atoms with E-state index in [-0.39, 0.29) is 17.6 Å². The molecule has 1 aromatic rings. The summed E-state index contributed by atoms with van der Waals surface area (Å²) in [5.74, 6) is -0.136. The molecule has 1 atom stereocenters. The summed E-state index contributed by atoms with van der Waals surface area (Å²) in [6.45, 7) is 5.14. The van der Waals surface area contributed by atoms with Crippen molar-refractivity contribution in [1.29, 1.82) is 0 Å². The monoisotopic (exact) mass is 251 g/mol. The Morgan fingerprint density at radius 3 is 2.78 bits per heavy atom. The van der Waals surface area contributed by atoms with Gasteiger partial charge in [-0.15, -0.1) is 0 Å². The van der Waals surface area contributed by atoms with Gasteiger partial charge in [0.1, 0.15) is 11.6 Å². The van der Waals surface area contributed by atoms with Crippen LogP contribution >= 0.6 is 0 Å². The molecule has 1 aliphatic carbocycles. The van der Waals surface area contributed by atoms with Gasteiger partial charge in [0.05, 0.1) is 0 Å². The molecule has 1 saturated carbocycles. The Labute approximate surface area is 108 Å². The van der Waals surface area contributed by atoms with E-state index in [0.717, 1.165) is 6.54 Å². The van der Waals surface area contributed by atoms with Crippen LogP contribution in [0.15, 0.2) is 18.2 Å². The maximum absolute atomic E-state index is 13.2. The summed E-state index contributed by atoms with van der Waals surface area (Å²) < 4.78 is 13.2. The minimum atomic E-state index is -0.300. The SMILES string of the molecule is CCCC1(CNC(C)c2cc(F)ccc2O)CC1. The smallest absolute Gasteiger partial charge is 0.123 e. The van der Waals surface area contributed by atoms with Crippen molar-refractivity contribution in [1.82, 2.24) is 5.32 Å². The quantitative estimate of drug-likeness (QED) is 0.806. The molecule has 0 aromatic heterocycles. The normalized spacial score (nSPS) is 18.6. The minimum Gasteiger partial charge on any atom is -0.508 e. The lowest BCUT2D eigenvalue weighted by atomic mass is 9.99. The number of hydrogen-bond donors (Lipinski definition) is 2. The Balaban J connectivity index is 1.95. The molecule has 1 aromatic carbocycles. The van der Waals surface area contributed by atoms with Gasteiger partial charge in [0.15, 0.2) is 0 Å². The standard InChI is InChI=1S/C15H22FNO/c1-3-6-15(7-8-15)10-17-11(2)13-9-12(16)4-5-14(13)18/h4-5,9,11,17-18H,3,6-8,10H2,1-2H3. The molecule has 0 spiro atoms. The molecule has 18 heavy (non-hydrogen) atoms. The fourth-order valence-corrected chi connectivity index (χ4v) is 2.57. The highest BCUT2D eigenvalue weighted by molar-refractivity contribution is 5.34. The van der Waals surface area contributed by atoms with Gasteiger partial charge in [0, 0.05) is 18.2 Å². The van der Waals surface area contributed by atoms with E-state index in [1.54, 1.807) is 0 Å². The third kappa shape index (κ3) is 3.02. The van der Waals surface area contributed by atoms with Gasteiger partial charge in [-0.1, -0.05) is 13.3 Å². The van der Waals surface area contributed by atoms with E-state index in [0.29, 0.717) is 11.0 Å². The van der Waals surface area contributed by atoms with Gasteiger partial charge in [-0.2, -0.15) is 0 Å². The van der Waals surface area contributed by atoms with Crippen LogP contribution in [0, 0.1) is 11.2 Å². The second kappa shape index (κ2) is 5.27. The van der Waals surface area contributed by atoms with Crippen LogP contribution in [0.1, 0.15) is 51.1 Å². The van der Waals surface area contributed by atoms with E-state index in [1.807, 2.05) is 6.92 Å². The zero-order valence-electron chi connectivity index (χ0n) is 11.2. The van der Waals surface area contributed by atoms with Crippen molar-refractivity contribution >= 4 is 0 Å². The molecule has 3 heteroatoms. The number of hydrogen-bond acceptors (Lipinski definition) is 2. The number of phenols is 1. The van der Waals surface area contributed by atoms with E-state index < -0.39 is 0 Å². The summed E-state index contributed by atoms with van der Waals surface area (Å²) in [6, 6.07) is 4.09. The molecule has 1 unspecified atom stereocenters. The second-order valence-corrected chi connectivity index (χ2v) is 5.56. The summed E-state index contributed by atoms with van der Waals surface area (Å²) in [4.78, 5) is 0. The first-order valence-electron chi connectivity index (χ1n) is 6.78. The molecule has 2 nitrogen and oxygen atoms in total. The molecule has 100 valence electrons. The Morgan fingerprint density at radius 1 is 1.44 bits per heavy atom. The summed E-state index contributed by atoms with van der Waals surface area (Å²) in [7, 11) is 0.